The van der Waals surface area contributed by atoms with Gasteiger partial charge in [-0.3, -0.25) is 5.10 Å². The van der Waals surface area contributed by atoms with Crippen LogP contribution in [-0.2, 0) is 23.1 Å². The molecule has 0 spiro atoms. The van der Waals surface area contributed by atoms with Gasteiger partial charge in [0.05, 0.1) is 11.4 Å². The lowest BCUT2D eigenvalue weighted by Crippen LogP contribution is -2.28. The topological polar surface area (TPSA) is 105 Å². The number of nitrogens with two attached hydrogens (primary N) is 1. The van der Waals surface area contributed by atoms with Crippen molar-refractivity contribution in [1.82, 2.24) is 19.5 Å². The second kappa shape index (κ2) is 5.70. The van der Waals surface area contributed by atoms with Crippen molar-refractivity contribution in [2.24, 2.45) is 5.73 Å². The number of rotatable bonds is 5. The Hall–Kier alpha value is -1.77. The number of hydrogen-bond acceptors (Lipinski definition) is 5. The van der Waals surface area contributed by atoms with Crippen molar-refractivity contribution in [2.45, 2.75) is 24.9 Å². The maximum Gasteiger partial charge on any atom is 0.243 e. The third-order valence-corrected chi connectivity index (χ3v) is 4.79. The molecule has 20 heavy (non-hydrogen) atoms. The Morgan fingerprint density at radius 2 is 2.05 bits per heavy atom. The lowest BCUT2D eigenvalue weighted by molar-refractivity contribution is 0.456. The largest absolute Gasteiger partial charge is 0.326 e. The number of hydrogen-bond donors (Lipinski definition) is 2. The highest BCUT2D eigenvalue weighted by molar-refractivity contribution is 7.89. The molecule has 7 nitrogen and oxygen atoms in total. The van der Waals surface area contributed by atoms with Gasteiger partial charge in [-0.05, 0) is 18.6 Å². The minimum atomic E-state index is -3.61. The van der Waals surface area contributed by atoms with E-state index < -0.39 is 10.0 Å². The van der Waals surface area contributed by atoms with Crippen molar-refractivity contribution in [3.8, 4) is 0 Å². The van der Waals surface area contributed by atoms with Crippen LogP contribution < -0.4 is 5.73 Å². The Morgan fingerprint density at radius 1 is 1.35 bits per heavy atom. The van der Waals surface area contributed by atoms with Gasteiger partial charge >= 0.3 is 0 Å². The van der Waals surface area contributed by atoms with Crippen molar-refractivity contribution in [1.29, 1.82) is 0 Å². The van der Waals surface area contributed by atoms with Gasteiger partial charge in [-0.2, -0.15) is 9.40 Å². The van der Waals surface area contributed by atoms with Crippen LogP contribution in [0.4, 0.5) is 0 Å². The summed E-state index contributed by atoms with van der Waals surface area (Å²) in [5, 5.41) is 6.62. The number of aromatic amines is 1. The van der Waals surface area contributed by atoms with Gasteiger partial charge in [-0.25, -0.2) is 13.4 Å². The van der Waals surface area contributed by atoms with Crippen molar-refractivity contribution in [3.05, 3.63) is 41.5 Å². The average Bonchev–Trinajstić information content (AvgIpc) is 2.84. The Balaban J connectivity index is 2.29. The van der Waals surface area contributed by atoms with Crippen LogP contribution in [0.5, 0.6) is 0 Å². The molecule has 8 heteroatoms. The van der Waals surface area contributed by atoms with Gasteiger partial charge in [0.1, 0.15) is 5.82 Å². The fourth-order valence-corrected chi connectivity index (χ4v) is 3.19. The Morgan fingerprint density at radius 3 is 2.65 bits per heavy atom. The first-order valence-electron chi connectivity index (χ1n) is 6.07. The predicted octanol–water partition coefficient (Wildman–Crippen LogP) is 0.393. The zero-order chi connectivity index (χ0) is 14.8. The number of H-pyrrole nitrogens is 1. The highest BCUT2D eigenvalue weighted by Gasteiger charge is 2.24. The summed E-state index contributed by atoms with van der Waals surface area (Å²) in [4.78, 5) is 4.32. The quantitative estimate of drug-likeness (QED) is 0.830. The van der Waals surface area contributed by atoms with Crippen molar-refractivity contribution in [2.75, 3.05) is 7.05 Å². The molecule has 0 aliphatic heterocycles. The number of benzene rings is 1. The number of nitrogens with zero attached hydrogens (tertiary/aromatic N) is 3. The SMILES string of the molecule is Cc1nc(CN(C)S(=O)(=O)c2ccccc2CN)n[nH]1. The first-order valence-corrected chi connectivity index (χ1v) is 7.51. The number of aromatic nitrogens is 3. The third kappa shape index (κ3) is 2.87. The molecular formula is C12H17N5O2S. The van der Waals surface area contributed by atoms with Gasteiger partial charge in [-0.1, -0.05) is 18.2 Å². The summed E-state index contributed by atoms with van der Waals surface area (Å²) in [5.41, 5.74) is 6.18. The summed E-state index contributed by atoms with van der Waals surface area (Å²) in [5.74, 6) is 1.08. The van der Waals surface area contributed by atoms with Gasteiger partial charge in [0.15, 0.2) is 5.82 Å². The molecule has 0 unspecified atom stereocenters. The van der Waals surface area contributed by atoms with Gasteiger partial charge in [0, 0.05) is 13.6 Å². The van der Waals surface area contributed by atoms with Gasteiger partial charge in [-0.15, -0.1) is 0 Å². The molecule has 108 valence electrons. The standard InChI is InChI=1S/C12H17N5O2S/c1-9-14-12(16-15-9)8-17(2)20(18,19)11-6-4-3-5-10(11)7-13/h3-6H,7-8,13H2,1-2H3,(H,14,15,16). The Kier molecular flexibility index (Phi) is 4.17. The number of aryl methyl sites for hydroxylation is 1. The normalized spacial score (nSPS) is 12.0. The number of sulfonamides is 1. The van der Waals surface area contributed by atoms with Gasteiger partial charge < -0.3 is 5.73 Å². The lowest BCUT2D eigenvalue weighted by atomic mass is 10.2. The molecule has 0 aliphatic rings. The second-order valence-corrected chi connectivity index (χ2v) is 6.42. The summed E-state index contributed by atoms with van der Waals surface area (Å²) in [6.45, 7) is 2.03. The molecule has 2 rings (SSSR count). The van der Waals surface area contributed by atoms with E-state index in [1.54, 1.807) is 31.2 Å². The van der Waals surface area contributed by atoms with Crippen LogP contribution in [0.2, 0.25) is 0 Å². The van der Waals surface area contributed by atoms with Crippen LogP contribution in [0.15, 0.2) is 29.2 Å². The van der Waals surface area contributed by atoms with E-state index in [9.17, 15) is 8.42 Å². The molecule has 0 aliphatic carbocycles. The maximum atomic E-state index is 12.5. The van der Waals surface area contributed by atoms with E-state index in [2.05, 4.69) is 15.2 Å². The van der Waals surface area contributed by atoms with Crippen LogP contribution in [0.25, 0.3) is 0 Å². The zero-order valence-corrected chi connectivity index (χ0v) is 12.2. The van der Waals surface area contributed by atoms with Gasteiger partial charge in [0.25, 0.3) is 0 Å². The second-order valence-electron chi connectivity index (χ2n) is 4.41. The Labute approximate surface area is 117 Å². The summed E-state index contributed by atoms with van der Waals surface area (Å²) < 4.78 is 26.3. The van der Waals surface area contributed by atoms with E-state index in [0.717, 1.165) is 0 Å². The van der Waals surface area contributed by atoms with Crippen LogP contribution in [0.1, 0.15) is 17.2 Å². The van der Waals surface area contributed by atoms with E-state index in [4.69, 9.17) is 5.73 Å². The highest BCUT2D eigenvalue weighted by atomic mass is 32.2. The van der Waals surface area contributed by atoms with Gasteiger partial charge in [0.2, 0.25) is 10.0 Å². The van der Waals surface area contributed by atoms with Crippen molar-refractivity contribution in [3.63, 3.8) is 0 Å². The van der Waals surface area contributed by atoms with Crippen LogP contribution in [-0.4, -0.2) is 35.0 Å². The molecule has 0 saturated heterocycles. The molecule has 0 fully saturated rings. The molecule has 0 atom stereocenters. The fraction of sp³-hybridized carbons (Fsp3) is 0.333. The summed E-state index contributed by atoms with van der Waals surface area (Å²) in [6, 6.07) is 6.70. The first-order chi connectivity index (χ1) is 9.45. The molecule has 0 saturated carbocycles. The molecule has 1 heterocycles. The van der Waals surface area contributed by atoms with E-state index in [-0.39, 0.29) is 18.0 Å². The van der Waals surface area contributed by atoms with Crippen molar-refractivity contribution < 1.29 is 8.42 Å². The Bertz CT molecular complexity index is 695. The molecule has 0 radical (unpaired) electrons. The molecule has 2 aromatic rings. The van der Waals surface area contributed by atoms with Crippen molar-refractivity contribution >= 4 is 10.0 Å². The smallest absolute Gasteiger partial charge is 0.243 e. The zero-order valence-electron chi connectivity index (χ0n) is 11.4. The average molecular weight is 295 g/mol. The van der Waals surface area contributed by atoms with Crippen LogP contribution in [0.3, 0.4) is 0 Å². The summed E-state index contributed by atoms with van der Waals surface area (Å²) in [6.07, 6.45) is 0. The number of nitrogens with one attached hydrogen (secondary N) is 1. The molecule has 3 N–H and O–H groups in total. The fourth-order valence-electron chi connectivity index (χ4n) is 1.84. The summed E-state index contributed by atoms with van der Waals surface area (Å²) >= 11 is 0. The predicted molar refractivity (Wildman–Crippen MR) is 74.1 cm³/mol. The summed E-state index contributed by atoms with van der Waals surface area (Å²) in [7, 11) is -2.12. The minimum absolute atomic E-state index is 0.103. The van der Waals surface area contributed by atoms with E-state index >= 15 is 0 Å². The highest BCUT2D eigenvalue weighted by Crippen LogP contribution is 2.19. The van der Waals surface area contributed by atoms with E-state index in [1.165, 1.54) is 11.4 Å². The van der Waals surface area contributed by atoms with E-state index in [1.807, 2.05) is 0 Å². The molecule has 0 bridgehead atoms. The maximum absolute atomic E-state index is 12.5. The monoisotopic (exact) mass is 295 g/mol. The van der Waals surface area contributed by atoms with E-state index in [0.29, 0.717) is 17.2 Å². The lowest BCUT2D eigenvalue weighted by Gasteiger charge is -2.17. The van der Waals surface area contributed by atoms with Crippen LogP contribution >= 0.6 is 0 Å². The molecular weight excluding hydrogens is 278 g/mol. The molecule has 1 aromatic heterocycles. The molecule has 1 aromatic carbocycles. The first kappa shape index (κ1) is 14.6. The molecule has 0 amide bonds. The minimum Gasteiger partial charge on any atom is -0.326 e. The van der Waals surface area contributed by atoms with Crippen LogP contribution in [0, 0.1) is 6.92 Å². The third-order valence-electron chi connectivity index (χ3n) is 2.89.